The molecule has 0 bridgehead atoms. The summed E-state index contributed by atoms with van der Waals surface area (Å²) in [6, 6.07) is 0. The standard InChI is InChI=1S/C26H37NO3/c1-26-13-7-9-21(26)25-22(29)15-18-14-19(28)11-12-20(18)24(25)17(16-26)8-5-3-4-6-10-23(30)27-2/h14,17,21,25H,3-13,15-16H2,1-2H3,(H,27,30)/t17-,21-,25+,26-/m0/s1. The Morgan fingerprint density at radius 3 is 2.77 bits per heavy atom. The lowest BCUT2D eigenvalue weighted by molar-refractivity contribution is -0.126. The summed E-state index contributed by atoms with van der Waals surface area (Å²) >= 11 is 0. The van der Waals surface area contributed by atoms with Gasteiger partial charge >= 0.3 is 0 Å². The van der Waals surface area contributed by atoms with Crippen LogP contribution in [0.3, 0.4) is 0 Å². The molecule has 0 radical (unpaired) electrons. The molecule has 1 N–H and O–H groups in total. The monoisotopic (exact) mass is 411 g/mol. The fourth-order valence-corrected chi connectivity index (χ4v) is 7.02. The van der Waals surface area contributed by atoms with Gasteiger partial charge < -0.3 is 5.32 Å². The van der Waals surface area contributed by atoms with Gasteiger partial charge in [-0.25, -0.2) is 0 Å². The second-order valence-corrected chi connectivity index (χ2v) is 10.4. The predicted octanol–water partition coefficient (Wildman–Crippen LogP) is 5.07. The molecule has 0 aliphatic heterocycles. The Morgan fingerprint density at radius 2 is 1.97 bits per heavy atom. The van der Waals surface area contributed by atoms with Crippen LogP contribution in [-0.2, 0) is 14.4 Å². The van der Waals surface area contributed by atoms with Crippen LogP contribution in [0.25, 0.3) is 0 Å². The highest BCUT2D eigenvalue weighted by atomic mass is 16.1. The molecule has 4 aliphatic rings. The molecule has 0 spiro atoms. The zero-order valence-electron chi connectivity index (χ0n) is 18.7. The highest BCUT2D eigenvalue weighted by Crippen LogP contribution is 2.61. The Morgan fingerprint density at radius 1 is 1.17 bits per heavy atom. The predicted molar refractivity (Wildman–Crippen MR) is 118 cm³/mol. The lowest BCUT2D eigenvalue weighted by Crippen LogP contribution is -2.45. The molecule has 4 aliphatic carbocycles. The average Bonchev–Trinajstić information content (AvgIpc) is 3.10. The van der Waals surface area contributed by atoms with Crippen molar-refractivity contribution in [1.29, 1.82) is 0 Å². The van der Waals surface area contributed by atoms with Crippen LogP contribution in [0.15, 0.2) is 22.8 Å². The number of amides is 1. The van der Waals surface area contributed by atoms with Crippen LogP contribution in [0.5, 0.6) is 0 Å². The van der Waals surface area contributed by atoms with E-state index in [1.54, 1.807) is 13.1 Å². The maximum Gasteiger partial charge on any atom is 0.219 e. The van der Waals surface area contributed by atoms with Crippen molar-refractivity contribution in [3.05, 3.63) is 22.8 Å². The molecule has 2 saturated carbocycles. The minimum absolute atomic E-state index is 0.116. The van der Waals surface area contributed by atoms with Crippen molar-refractivity contribution in [1.82, 2.24) is 5.32 Å². The lowest BCUT2D eigenvalue weighted by atomic mass is 9.53. The highest BCUT2D eigenvalue weighted by Gasteiger charge is 2.54. The van der Waals surface area contributed by atoms with E-state index in [4.69, 9.17) is 0 Å². The van der Waals surface area contributed by atoms with Gasteiger partial charge in [-0.2, -0.15) is 0 Å². The Labute approximate surface area is 180 Å². The van der Waals surface area contributed by atoms with Crippen LogP contribution in [-0.4, -0.2) is 24.5 Å². The van der Waals surface area contributed by atoms with Crippen molar-refractivity contribution in [3.8, 4) is 0 Å². The molecule has 0 aromatic rings. The van der Waals surface area contributed by atoms with Gasteiger partial charge in [0.1, 0.15) is 5.78 Å². The molecule has 0 heterocycles. The minimum Gasteiger partial charge on any atom is -0.359 e. The lowest BCUT2D eigenvalue weighted by Gasteiger charge is -2.50. The van der Waals surface area contributed by atoms with Gasteiger partial charge in [0.25, 0.3) is 0 Å². The van der Waals surface area contributed by atoms with E-state index in [0.29, 0.717) is 42.3 Å². The molecular formula is C26H37NO3. The Kier molecular flexibility index (Phi) is 6.31. The maximum absolute atomic E-state index is 13.3. The SMILES string of the molecule is CNC(=O)CCCCCC[C@H]1C[C@]2(C)CCC[C@H]2[C@@H]2C(=O)CC3=CC(=O)CCC3=C12. The van der Waals surface area contributed by atoms with E-state index in [2.05, 4.69) is 12.2 Å². The molecular weight excluding hydrogens is 374 g/mol. The first-order valence-electron chi connectivity index (χ1n) is 12.1. The summed E-state index contributed by atoms with van der Waals surface area (Å²) in [5.41, 5.74) is 4.18. The fourth-order valence-electron chi connectivity index (χ4n) is 7.02. The maximum atomic E-state index is 13.3. The molecule has 4 heteroatoms. The van der Waals surface area contributed by atoms with E-state index in [0.717, 1.165) is 44.1 Å². The summed E-state index contributed by atoms with van der Waals surface area (Å²) < 4.78 is 0. The molecule has 0 aromatic heterocycles. The van der Waals surface area contributed by atoms with Crippen LogP contribution < -0.4 is 5.32 Å². The van der Waals surface area contributed by atoms with Gasteiger partial charge in [0.2, 0.25) is 5.91 Å². The van der Waals surface area contributed by atoms with Crippen LogP contribution >= 0.6 is 0 Å². The number of carbonyl (C=O) groups is 3. The van der Waals surface area contributed by atoms with Gasteiger partial charge in [-0.05, 0) is 73.0 Å². The second kappa shape index (κ2) is 8.80. The number of fused-ring (bicyclic) bond motifs is 4. The van der Waals surface area contributed by atoms with Gasteiger partial charge in [-0.3, -0.25) is 14.4 Å². The van der Waals surface area contributed by atoms with Crippen molar-refractivity contribution in [2.45, 2.75) is 90.4 Å². The number of unbranched alkanes of at least 4 members (excludes halogenated alkanes) is 3. The smallest absolute Gasteiger partial charge is 0.219 e. The highest BCUT2D eigenvalue weighted by molar-refractivity contribution is 5.97. The van der Waals surface area contributed by atoms with E-state index in [9.17, 15) is 14.4 Å². The van der Waals surface area contributed by atoms with E-state index in [1.807, 2.05) is 0 Å². The topological polar surface area (TPSA) is 63.2 Å². The summed E-state index contributed by atoms with van der Waals surface area (Å²) in [6.45, 7) is 2.44. The molecule has 4 atom stereocenters. The van der Waals surface area contributed by atoms with Crippen molar-refractivity contribution in [3.63, 3.8) is 0 Å². The molecule has 0 unspecified atom stereocenters. The Bertz CT molecular complexity index is 792. The molecule has 2 fully saturated rings. The number of hydrogen-bond acceptors (Lipinski definition) is 3. The van der Waals surface area contributed by atoms with Crippen molar-refractivity contribution in [2.24, 2.45) is 23.2 Å². The summed E-state index contributed by atoms with van der Waals surface area (Å²) in [6.07, 6.45) is 14.7. The molecule has 4 rings (SSSR count). The van der Waals surface area contributed by atoms with Crippen molar-refractivity contribution in [2.75, 3.05) is 7.05 Å². The fraction of sp³-hybridized carbons (Fsp3) is 0.731. The Hall–Kier alpha value is -1.71. The third-order valence-corrected chi connectivity index (χ3v) is 8.44. The van der Waals surface area contributed by atoms with Crippen LogP contribution in [0.2, 0.25) is 0 Å². The number of ketones is 2. The number of nitrogens with one attached hydrogen (secondary N) is 1. The minimum atomic E-state index is 0.116. The number of hydrogen-bond donors (Lipinski definition) is 1. The zero-order chi connectivity index (χ0) is 21.3. The van der Waals surface area contributed by atoms with E-state index in [-0.39, 0.29) is 17.6 Å². The molecule has 0 saturated heterocycles. The first-order valence-corrected chi connectivity index (χ1v) is 12.1. The van der Waals surface area contributed by atoms with Gasteiger partial charge in [0.15, 0.2) is 5.78 Å². The first kappa shape index (κ1) is 21.5. The Balaban J connectivity index is 1.51. The molecule has 4 nitrogen and oxygen atoms in total. The first-order chi connectivity index (χ1) is 14.4. The average molecular weight is 412 g/mol. The van der Waals surface area contributed by atoms with Crippen LogP contribution in [0.4, 0.5) is 0 Å². The second-order valence-electron chi connectivity index (χ2n) is 10.4. The summed E-state index contributed by atoms with van der Waals surface area (Å²) in [5, 5.41) is 2.69. The van der Waals surface area contributed by atoms with E-state index < -0.39 is 0 Å². The summed E-state index contributed by atoms with van der Waals surface area (Å²) in [7, 11) is 1.70. The number of Topliss-reactive ketones (excluding diaryl/α,β-unsaturated/α-hetero) is 1. The van der Waals surface area contributed by atoms with E-state index in [1.165, 1.54) is 36.8 Å². The molecule has 1 amide bonds. The summed E-state index contributed by atoms with van der Waals surface area (Å²) in [5.74, 6) is 1.81. The van der Waals surface area contributed by atoms with Gasteiger partial charge in [-0.15, -0.1) is 0 Å². The summed E-state index contributed by atoms with van der Waals surface area (Å²) in [4.78, 5) is 36.7. The largest absolute Gasteiger partial charge is 0.359 e. The van der Waals surface area contributed by atoms with Gasteiger partial charge in [0, 0.05) is 32.2 Å². The van der Waals surface area contributed by atoms with Crippen LogP contribution in [0, 0.1) is 23.2 Å². The molecule has 0 aromatic carbocycles. The quantitative estimate of drug-likeness (QED) is 0.595. The van der Waals surface area contributed by atoms with Gasteiger partial charge in [-0.1, -0.05) is 38.2 Å². The number of allylic oxidation sites excluding steroid dienone is 4. The normalized spacial score (nSPS) is 33.0. The zero-order valence-corrected chi connectivity index (χ0v) is 18.7. The van der Waals surface area contributed by atoms with Crippen molar-refractivity contribution >= 4 is 17.5 Å². The third-order valence-electron chi connectivity index (χ3n) is 8.44. The number of rotatable bonds is 7. The third kappa shape index (κ3) is 4.07. The van der Waals surface area contributed by atoms with Gasteiger partial charge in [0.05, 0.1) is 0 Å². The molecule has 30 heavy (non-hydrogen) atoms. The van der Waals surface area contributed by atoms with Crippen LogP contribution in [0.1, 0.15) is 90.4 Å². The van der Waals surface area contributed by atoms with Crippen molar-refractivity contribution < 1.29 is 14.4 Å². The number of carbonyl (C=O) groups excluding carboxylic acids is 3. The molecule has 164 valence electrons. The van der Waals surface area contributed by atoms with E-state index >= 15 is 0 Å².